The van der Waals surface area contributed by atoms with E-state index in [9.17, 15) is 0 Å². The topological polar surface area (TPSA) is 9.23 Å². The molecular formula is C12H12O. The molecule has 2 unspecified atom stereocenters. The first-order chi connectivity index (χ1) is 6.45. The van der Waals surface area contributed by atoms with Gasteiger partial charge in [0.2, 0.25) is 0 Å². The molecule has 0 saturated carbocycles. The van der Waals surface area contributed by atoms with Crippen molar-refractivity contribution < 1.29 is 4.74 Å². The molecule has 1 aromatic rings. The quantitative estimate of drug-likeness (QED) is 0.584. The van der Waals surface area contributed by atoms with Crippen LogP contribution in [0.5, 0.6) is 0 Å². The Bertz CT molecular complexity index is 354. The predicted molar refractivity (Wildman–Crippen MR) is 52.6 cm³/mol. The highest BCUT2D eigenvalue weighted by Crippen LogP contribution is 2.37. The number of benzene rings is 1. The van der Waals surface area contributed by atoms with Gasteiger partial charge < -0.3 is 4.74 Å². The summed E-state index contributed by atoms with van der Waals surface area (Å²) in [5.74, 6) is 0.612. The molecule has 1 heterocycles. The Balaban J connectivity index is 2.13. The van der Waals surface area contributed by atoms with Crippen LogP contribution in [0, 0.1) is 0 Å². The highest BCUT2D eigenvalue weighted by atomic mass is 16.5. The van der Waals surface area contributed by atoms with Crippen LogP contribution in [-0.2, 0) is 4.74 Å². The van der Waals surface area contributed by atoms with Crippen LogP contribution in [-0.4, -0.2) is 12.7 Å². The van der Waals surface area contributed by atoms with E-state index in [4.69, 9.17) is 4.74 Å². The first kappa shape index (κ1) is 7.34. The summed E-state index contributed by atoms with van der Waals surface area (Å²) in [6, 6.07) is 8.62. The number of fused-ring (bicyclic) bond motifs is 3. The lowest BCUT2D eigenvalue weighted by atomic mass is 9.85. The number of rotatable bonds is 0. The zero-order valence-corrected chi connectivity index (χ0v) is 7.44. The Kier molecular flexibility index (Phi) is 1.53. The maximum Gasteiger partial charge on any atom is 0.0828 e. The molecule has 3 rings (SSSR count). The molecule has 0 spiro atoms. The lowest BCUT2D eigenvalue weighted by molar-refractivity contribution is 0.139. The summed E-state index contributed by atoms with van der Waals surface area (Å²) >= 11 is 0. The fourth-order valence-corrected chi connectivity index (χ4v) is 2.33. The van der Waals surface area contributed by atoms with Crippen molar-refractivity contribution in [2.24, 2.45) is 0 Å². The second-order valence-electron chi connectivity index (χ2n) is 3.72. The molecule has 0 N–H and O–H groups in total. The molecule has 2 aliphatic rings. The molecule has 1 fully saturated rings. The molecular weight excluding hydrogens is 160 g/mol. The van der Waals surface area contributed by atoms with Crippen molar-refractivity contribution in [3.05, 3.63) is 41.5 Å². The van der Waals surface area contributed by atoms with Crippen molar-refractivity contribution in [3.63, 3.8) is 0 Å². The van der Waals surface area contributed by atoms with E-state index >= 15 is 0 Å². The average Bonchev–Trinajstić information content (AvgIpc) is 2.65. The van der Waals surface area contributed by atoms with Gasteiger partial charge in [-0.15, -0.1) is 0 Å². The molecule has 66 valence electrons. The Morgan fingerprint density at radius 1 is 1.23 bits per heavy atom. The minimum absolute atomic E-state index is 0.342. The molecule has 1 saturated heterocycles. The summed E-state index contributed by atoms with van der Waals surface area (Å²) in [6.07, 6.45) is 5.89. The van der Waals surface area contributed by atoms with Crippen LogP contribution in [0.3, 0.4) is 0 Å². The van der Waals surface area contributed by atoms with Gasteiger partial charge in [-0.1, -0.05) is 36.4 Å². The van der Waals surface area contributed by atoms with E-state index in [1.165, 1.54) is 17.5 Å². The summed E-state index contributed by atoms with van der Waals surface area (Å²) < 4.78 is 5.63. The number of ether oxygens (including phenoxy) is 1. The van der Waals surface area contributed by atoms with Crippen LogP contribution < -0.4 is 0 Å². The van der Waals surface area contributed by atoms with Crippen molar-refractivity contribution >= 4 is 6.08 Å². The Morgan fingerprint density at radius 3 is 3.15 bits per heavy atom. The van der Waals surface area contributed by atoms with Gasteiger partial charge in [0.25, 0.3) is 0 Å². The van der Waals surface area contributed by atoms with E-state index in [1.54, 1.807) is 0 Å². The van der Waals surface area contributed by atoms with Crippen LogP contribution in [0.1, 0.15) is 23.5 Å². The highest BCUT2D eigenvalue weighted by molar-refractivity contribution is 5.59. The van der Waals surface area contributed by atoms with Gasteiger partial charge in [-0.05, 0) is 17.5 Å². The van der Waals surface area contributed by atoms with Crippen LogP contribution in [0.2, 0.25) is 0 Å². The molecule has 0 radical (unpaired) electrons. The maximum atomic E-state index is 5.63. The largest absolute Gasteiger partial charge is 0.373 e. The SMILES string of the molecule is C1=CC2OCCC2c2ccccc21. The third-order valence-electron chi connectivity index (χ3n) is 3.00. The van der Waals surface area contributed by atoms with E-state index in [-0.39, 0.29) is 0 Å². The van der Waals surface area contributed by atoms with E-state index in [1.807, 2.05) is 0 Å². The minimum atomic E-state index is 0.342. The van der Waals surface area contributed by atoms with Gasteiger partial charge in [-0.3, -0.25) is 0 Å². The summed E-state index contributed by atoms with van der Waals surface area (Å²) in [4.78, 5) is 0. The Labute approximate surface area is 78.0 Å². The average molecular weight is 172 g/mol. The summed E-state index contributed by atoms with van der Waals surface area (Å²) in [6.45, 7) is 0.911. The predicted octanol–water partition coefficient (Wildman–Crippen LogP) is 2.59. The maximum absolute atomic E-state index is 5.63. The van der Waals surface area contributed by atoms with Gasteiger partial charge in [0.1, 0.15) is 0 Å². The van der Waals surface area contributed by atoms with Crippen molar-refractivity contribution in [1.82, 2.24) is 0 Å². The Morgan fingerprint density at radius 2 is 2.15 bits per heavy atom. The summed E-state index contributed by atoms with van der Waals surface area (Å²) in [5, 5.41) is 0. The molecule has 0 bridgehead atoms. The lowest BCUT2D eigenvalue weighted by Gasteiger charge is -2.21. The van der Waals surface area contributed by atoms with Gasteiger partial charge in [0.05, 0.1) is 6.10 Å². The Hall–Kier alpha value is -1.08. The smallest absolute Gasteiger partial charge is 0.0828 e. The van der Waals surface area contributed by atoms with Crippen molar-refractivity contribution in [2.45, 2.75) is 18.4 Å². The van der Waals surface area contributed by atoms with Crippen LogP contribution >= 0.6 is 0 Å². The molecule has 1 heteroatoms. The van der Waals surface area contributed by atoms with Gasteiger partial charge >= 0.3 is 0 Å². The molecule has 13 heavy (non-hydrogen) atoms. The fourth-order valence-electron chi connectivity index (χ4n) is 2.33. The summed E-state index contributed by atoms with van der Waals surface area (Å²) in [7, 11) is 0. The highest BCUT2D eigenvalue weighted by Gasteiger charge is 2.30. The van der Waals surface area contributed by atoms with Crippen LogP contribution in [0.4, 0.5) is 0 Å². The van der Waals surface area contributed by atoms with Crippen molar-refractivity contribution in [2.75, 3.05) is 6.61 Å². The zero-order valence-electron chi connectivity index (χ0n) is 7.44. The molecule has 1 aromatic carbocycles. The molecule has 0 amide bonds. The number of hydrogen-bond acceptors (Lipinski definition) is 1. The third kappa shape index (κ3) is 1.04. The normalized spacial score (nSPS) is 29.8. The van der Waals surface area contributed by atoms with Gasteiger partial charge in [0, 0.05) is 12.5 Å². The van der Waals surface area contributed by atoms with Crippen LogP contribution in [0.15, 0.2) is 30.3 Å². The molecule has 2 atom stereocenters. The van der Waals surface area contributed by atoms with E-state index in [0.29, 0.717) is 12.0 Å². The van der Waals surface area contributed by atoms with Gasteiger partial charge in [-0.2, -0.15) is 0 Å². The molecule has 0 aromatic heterocycles. The van der Waals surface area contributed by atoms with E-state index in [2.05, 4.69) is 36.4 Å². The van der Waals surface area contributed by atoms with E-state index < -0.39 is 0 Å². The van der Waals surface area contributed by atoms with Crippen molar-refractivity contribution in [1.29, 1.82) is 0 Å². The fraction of sp³-hybridized carbons (Fsp3) is 0.333. The monoisotopic (exact) mass is 172 g/mol. The number of hydrogen-bond donors (Lipinski definition) is 0. The van der Waals surface area contributed by atoms with E-state index in [0.717, 1.165) is 6.61 Å². The standard InChI is InChI=1S/C12H12O/c1-2-4-10-9(3-1)5-6-12-11(10)7-8-13-12/h1-6,11-12H,7-8H2. The van der Waals surface area contributed by atoms with Gasteiger partial charge in [0.15, 0.2) is 0 Å². The first-order valence-corrected chi connectivity index (χ1v) is 4.84. The van der Waals surface area contributed by atoms with Gasteiger partial charge in [-0.25, -0.2) is 0 Å². The second kappa shape index (κ2) is 2.71. The third-order valence-corrected chi connectivity index (χ3v) is 3.00. The second-order valence-corrected chi connectivity index (χ2v) is 3.72. The summed E-state index contributed by atoms with van der Waals surface area (Å²) in [5.41, 5.74) is 2.83. The molecule has 1 nitrogen and oxygen atoms in total. The molecule has 1 aliphatic heterocycles. The minimum Gasteiger partial charge on any atom is -0.373 e. The lowest BCUT2D eigenvalue weighted by Crippen LogP contribution is -2.15. The first-order valence-electron chi connectivity index (χ1n) is 4.84. The molecule has 1 aliphatic carbocycles. The van der Waals surface area contributed by atoms with Crippen LogP contribution in [0.25, 0.3) is 6.08 Å². The zero-order chi connectivity index (χ0) is 8.67. The van der Waals surface area contributed by atoms with Crippen molar-refractivity contribution in [3.8, 4) is 0 Å².